The maximum absolute atomic E-state index is 13.9. The number of rotatable bonds is 5. The number of nitrogens with one attached hydrogen (secondary N) is 2. The molecule has 6 rings (SSSR count). The minimum atomic E-state index is -0.285. The van der Waals surface area contributed by atoms with Crippen LogP contribution in [0, 0.1) is 12.7 Å². The molecule has 7 heteroatoms. The first-order valence-corrected chi connectivity index (χ1v) is 12.2. The van der Waals surface area contributed by atoms with Crippen molar-refractivity contribution in [3.8, 4) is 22.3 Å². The molecule has 1 aliphatic heterocycles. The molecule has 5 aromatic rings. The molecule has 0 fully saturated rings. The maximum atomic E-state index is 13.9. The van der Waals surface area contributed by atoms with Gasteiger partial charge in [0, 0.05) is 59.6 Å². The predicted molar refractivity (Wildman–Crippen MR) is 147 cm³/mol. The molecule has 0 aliphatic carbocycles. The molecule has 0 radical (unpaired) electrons. The second-order valence-electron chi connectivity index (χ2n) is 9.71. The minimum Gasteiger partial charge on any atom is -0.381 e. The number of fused-ring (bicyclic) bond motifs is 2. The normalized spacial score (nSPS) is 12.9. The molecule has 0 bridgehead atoms. The fraction of sp³-hybridized carbons (Fsp3) is 0.167. The quantitative estimate of drug-likeness (QED) is 0.314. The van der Waals surface area contributed by atoms with Crippen molar-refractivity contribution in [2.24, 2.45) is 0 Å². The summed E-state index contributed by atoms with van der Waals surface area (Å²) in [6.07, 6.45) is 9.49. The van der Waals surface area contributed by atoms with Crippen molar-refractivity contribution in [2.45, 2.75) is 13.5 Å². The number of imidazole rings is 1. The van der Waals surface area contributed by atoms with E-state index in [1.54, 1.807) is 18.5 Å². The Morgan fingerprint density at radius 2 is 1.78 bits per heavy atom. The van der Waals surface area contributed by atoms with Crippen LogP contribution in [0.4, 0.5) is 10.1 Å². The summed E-state index contributed by atoms with van der Waals surface area (Å²) in [7, 11) is 4.12. The number of hydrogen-bond donors (Lipinski definition) is 2. The van der Waals surface area contributed by atoms with Gasteiger partial charge in [0.2, 0.25) is 0 Å². The number of nitrogens with zero attached hydrogens (tertiary/aromatic N) is 4. The van der Waals surface area contributed by atoms with E-state index in [0.29, 0.717) is 6.54 Å². The van der Waals surface area contributed by atoms with E-state index in [9.17, 15) is 4.39 Å². The third-order valence-electron chi connectivity index (χ3n) is 6.64. The highest BCUT2D eigenvalue weighted by molar-refractivity contribution is 5.95. The van der Waals surface area contributed by atoms with Crippen LogP contribution in [0.1, 0.15) is 22.5 Å². The molecule has 2 N–H and O–H groups in total. The maximum Gasteiger partial charge on any atom is 0.138 e. The Labute approximate surface area is 214 Å². The molecule has 4 heterocycles. The van der Waals surface area contributed by atoms with Gasteiger partial charge in [0.1, 0.15) is 11.6 Å². The molecule has 2 aromatic carbocycles. The first-order chi connectivity index (χ1) is 18.0. The molecule has 1 aliphatic rings. The van der Waals surface area contributed by atoms with Crippen molar-refractivity contribution >= 4 is 22.3 Å². The van der Waals surface area contributed by atoms with Crippen molar-refractivity contribution in [3.63, 3.8) is 0 Å². The Morgan fingerprint density at radius 1 is 0.919 bits per heavy atom. The summed E-state index contributed by atoms with van der Waals surface area (Å²) in [5, 5.41) is 3.50. The van der Waals surface area contributed by atoms with Crippen molar-refractivity contribution in [2.75, 3.05) is 26.0 Å². The van der Waals surface area contributed by atoms with Crippen LogP contribution in [-0.2, 0) is 6.54 Å². The smallest absolute Gasteiger partial charge is 0.138 e. The number of hydrogen-bond acceptors (Lipinski definition) is 5. The summed E-state index contributed by atoms with van der Waals surface area (Å²) in [5.74, 6) is 0.477. The van der Waals surface area contributed by atoms with Gasteiger partial charge < -0.3 is 15.2 Å². The summed E-state index contributed by atoms with van der Waals surface area (Å²) < 4.78 is 13.9. The second kappa shape index (κ2) is 9.26. The highest BCUT2D eigenvalue weighted by Gasteiger charge is 2.21. The first kappa shape index (κ1) is 23.1. The van der Waals surface area contributed by atoms with Gasteiger partial charge in [-0.1, -0.05) is 18.2 Å². The topological polar surface area (TPSA) is 69.7 Å². The average molecular weight is 491 g/mol. The molecule has 0 atom stereocenters. The number of aromatic amines is 1. The van der Waals surface area contributed by atoms with Gasteiger partial charge in [-0.2, -0.15) is 0 Å². The molecule has 0 amide bonds. The highest BCUT2D eigenvalue weighted by Crippen LogP contribution is 2.38. The minimum absolute atomic E-state index is 0.285. The summed E-state index contributed by atoms with van der Waals surface area (Å²) >= 11 is 0. The number of anilines is 1. The summed E-state index contributed by atoms with van der Waals surface area (Å²) in [5.41, 5.74) is 10.9. The van der Waals surface area contributed by atoms with Crippen LogP contribution in [0.2, 0.25) is 0 Å². The predicted octanol–water partition coefficient (Wildman–Crippen LogP) is 6.05. The van der Waals surface area contributed by atoms with E-state index in [4.69, 9.17) is 4.98 Å². The summed E-state index contributed by atoms with van der Waals surface area (Å²) in [4.78, 5) is 19.5. The second-order valence-corrected chi connectivity index (χ2v) is 9.71. The van der Waals surface area contributed by atoms with E-state index in [-0.39, 0.29) is 5.82 Å². The van der Waals surface area contributed by atoms with E-state index >= 15 is 0 Å². The summed E-state index contributed by atoms with van der Waals surface area (Å²) in [6.45, 7) is 3.66. The molecule has 37 heavy (non-hydrogen) atoms. The molecule has 0 unspecified atom stereocenters. The molecule has 184 valence electrons. The van der Waals surface area contributed by atoms with E-state index in [1.165, 1.54) is 23.3 Å². The third-order valence-corrected chi connectivity index (χ3v) is 6.64. The molecule has 3 aromatic heterocycles. The lowest BCUT2D eigenvalue weighted by Gasteiger charge is -2.21. The fourth-order valence-electron chi connectivity index (χ4n) is 5.00. The van der Waals surface area contributed by atoms with Gasteiger partial charge in [0.05, 0.1) is 17.2 Å². The van der Waals surface area contributed by atoms with E-state index in [1.807, 2.05) is 18.5 Å². The van der Waals surface area contributed by atoms with E-state index < -0.39 is 0 Å². The molecule has 0 spiro atoms. The SMILES string of the molecule is Cc1cc2c(cc1-c1cncc(CN(C)C)c1)C(c1nc3c(-c4cccc(F)c4)cncc3[nH]1)=CCN2. The monoisotopic (exact) mass is 490 g/mol. The lowest BCUT2D eigenvalue weighted by molar-refractivity contribution is 0.402. The largest absolute Gasteiger partial charge is 0.381 e. The van der Waals surface area contributed by atoms with Crippen LogP contribution in [0.5, 0.6) is 0 Å². The summed E-state index contributed by atoms with van der Waals surface area (Å²) in [6, 6.07) is 13.2. The Bertz CT molecular complexity index is 1670. The number of H-pyrrole nitrogens is 1. The van der Waals surface area contributed by atoms with Crippen LogP contribution in [0.15, 0.2) is 73.3 Å². The van der Waals surface area contributed by atoms with Gasteiger partial charge in [0.15, 0.2) is 0 Å². The van der Waals surface area contributed by atoms with Gasteiger partial charge in [-0.15, -0.1) is 0 Å². The van der Waals surface area contributed by atoms with Gasteiger partial charge in [-0.3, -0.25) is 9.97 Å². The Balaban J connectivity index is 1.45. The van der Waals surface area contributed by atoms with Gasteiger partial charge in [-0.25, -0.2) is 9.37 Å². The number of aromatic nitrogens is 4. The molecule has 6 nitrogen and oxygen atoms in total. The van der Waals surface area contributed by atoms with Crippen molar-refractivity contribution in [1.29, 1.82) is 0 Å². The lowest BCUT2D eigenvalue weighted by Crippen LogP contribution is -2.11. The Hall–Kier alpha value is -4.36. The van der Waals surface area contributed by atoms with Gasteiger partial charge in [0.25, 0.3) is 0 Å². The molecule has 0 saturated heterocycles. The number of halogens is 1. The first-order valence-electron chi connectivity index (χ1n) is 12.2. The van der Waals surface area contributed by atoms with Crippen molar-refractivity contribution in [3.05, 3.63) is 102 Å². The van der Waals surface area contributed by atoms with Gasteiger partial charge >= 0.3 is 0 Å². The van der Waals surface area contributed by atoms with Crippen LogP contribution < -0.4 is 5.32 Å². The standard InChI is InChI=1S/C30H27FN6/c1-18-9-27-25(12-24(18)21-10-19(13-32-14-21)17-37(2)3)23(7-8-34-27)30-35-28-16-33-15-26(29(28)36-30)20-5-4-6-22(31)11-20/h4-7,9-16,34H,8,17H2,1-3H3,(H,35,36). The highest BCUT2D eigenvalue weighted by atomic mass is 19.1. The number of aryl methyl sites for hydroxylation is 1. The average Bonchev–Trinajstić information content (AvgIpc) is 3.32. The Morgan fingerprint density at radius 3 is 2.62 bits per heavy atom. The molecule has 0 saturated carbocycles. The lowest BCUT2D eigenvalue weighted by atomic mass is 9.92. The zero-order valence-corrected chi connectivity index (χ0v) is 21.0. The van der Waals surface area contributed by atoms with Crippen LogP contribution in [0.25, 0.3) is 38.9 Å². The molecular formula is C30H27FN6. The zero-order chi connectivity index (χ0) is 25.5. The van der Waals surface area contributed by atoms with Crippen LogP contribution in [0.3, 0.4) is 0 Å². The Kier molecular flexibility index (Phi) is 5.77. The number of benzene rings is 2. The van der Waals surface area contributed by atoms with E-state index in [2.05, 4.69) is 70.5 Å². The third kappa shape index (κ3) is 4.38. The zero-order valence-electron chi connectivity index (χ0n) is 21.0. The van der Waals surface area contributed by atoms with Gasteiger partial charge in [-0.05, 0) is 73.6 Å². The van der Waals surface area contributed by atoms with E-state index in [0.717, 1.165) is 62.5 Å². The van der Waals surface area contributed by atoms with Crippen LogP contribution >= 0.6 is 0 Å². The van der Waals surface area contributed by atoms with Crippen LogP contribution in [-0.4, -0.2) is 45.5 Å². The molecular weight excluding hydrogens is 463 g/mol. The number of pyridine rings is 2. The van der Waals surface area contributed by atoms with Crippen molar-refractivity contribution < 1.29 is 4.39 Å². The fourth-order valence-corrected chi connectivity index (χ4v) is 5.00. The van der Waals surface area contributed by atoms with Crippen molar-refractivity contribution in [1.82, 2.24) is 24.8 Å².